The highest BCUT2D eigenvalue weighted by Crippen LogP contribution is 2.46. The zero-order valence-corrected chi connectivity index (χ0v) is 24.5. The van der Waals surface area contributed by atoms with Gasteiger partial charge in [-0.05, 0) is 75.1 Å². The van der Waals surface area contributed by atoms with Crippen LogP contribution in [0.3, 0.4) is 0 Å². The highest BCUT2D eigenvalue weighted by Gasteiger charge is 2.48. The van der Waals surface area contributed by atoms with Crippen molar-refractivity contribution in [1.82, 2.24) is 15.6 Å². The lowest BCUT2D eigenvalue weighted by molar-refractivity contribution is -0.149. The third-order valence-corrected chi connectivity index (χ3v) is 11.2. The van der Waals surface area contributed by atoms with E-state index in [2.05, 4.69) is 20.9 Å². The summed E-state index contributed by atoms with van der Waals surface area (Å²) in [5.41, 5.74) is 1.08. The zero-order chi connectivity index (χ0) is 28.5. The van der Waals surface area contributed by atoms with Crippen LogP contribution >= 0.6 is 11.3 Å². The summed E-state index contributed by atoms with van der Waals surface area (Å²) in [6.45, 7) is 0.881. The standard InChI is InChI=1S/C30H43FN4O5S/c1-39-25-11-16-7-8-32-24(14-27(36)35-30-33-9-10-41-30)21(16)13-26(25)40-17-5-6-18(23(31)12-17)22-15-34-28-19(22)3-2-4-20(28)29(37)38/h9-10,15-21,23-26,28,32,34H,2-8,11-14H2,1H3,(H,37,38)(H,33,35,36)/t16?,17?,18?,19?,20?,21?,23?,24-,25?,26?,28?/m1/s1. The molecule has 5 aliphatic rings. The zero-order valence-electron chi connectivity index (χ0n) is 23.7. The van der Waals surface area contributed by atoms with Gasteiger partial charge in [-0.25, -0.2) is 9.37 Å². The Labute approximate surface area is 245 Å². The van der Waals surface area contributed by atoms with Crippen molar-refractivity contribution in [2.75, 3.05) is 19.0 Å². The lowest BCUT2D eigenvalue weighted by Crippen LogP contribution is -2.54. The Bertz CT molecular complexity index is 1100. The molecule has 1 amide bonds. The largest absolute Gasteiger partial charge is 0.481 e. The Morgan fingerprint density at radius 2 is 2.02 bits per heavy atom. The van der Waals surface area contributed by atoms with Gasteiger partial charge in [0.25, 0.3) is 0 Å². The number of carboxylic acids is 1. The van der Waals surface area contributed by atoms with Crippen LogP contribution in [0, 0.1) is 29.6 Å². The number of carbonyl (C=O) groups is 2. The maximum Gasteiger partial charge on any atom is 0.308 e. The molecule has 1 saturated heterocycles. The molecule has 3 heterocycles. The maximum atomic E-state index is 15.8. The lowest BCUT2D eigenvalue weighted by Gasteiger charge is -2.48. The van der Waals surface area contributed by atoms with Crippen molar-refractivity contribution >= 4 is 28.3 Å². The van der Waals surface area contributed by atoms with Crippen LogP contribution in [-0.2, 0) is 19.1 Å². The van der Waals surface area contributed by atoms with Gasteiger partial charge in [-0.15, -0.1) is 11.3 Å². The van der Waals surface area contributed by atoms with E-state index in [0.717, 1.165) is 50.6 Å². The number of carbonyl (C=O) groups excluding carboxylic acids is 1. The first-order valence-electron chi connectivity index (χ1n) is 15.3. The van der Waals surface area contributed by atoms with Gasteiger partial charge >= 0.3 is 5.97 Å². The SMILES string of the molecule is COC1CC2CCN[C@H](CC(=O)Nc3nccs3)C2CC1OC1CCC(C2=CNC3C(C(=O)O)CCCC23)C(F)C1. The summed E-state index contributed by atoms with van der Waals surface area (Å²) in [7, 11) is 1.74. The molecule has 226 valence electrons. The molecule has 1 aromatic heterocycles. The number of piperidine rings is 1. The first kappa shape index (κ1) is 29.0. The molecule has 41 heavy (non-hydrogen) atoms. The maximum absolute atomic E-state index is 15.8. The van der Waals surface area contributed by atoms with Crippen molar-refractivity contribution in [3.8, 4) is 0 Å². The Balaban J connectivity index is 1.06. The number of aliphatic carboxylic acids is 1. The second kappa shape index (κ2) is 12.7. The molecule has 0 radical (unpaired) electrons. The topological polar surface area (TPSA) is 122 Å². The van der Waals surface area contributed by atoms with Crippen LogP contribution in [-0.4, -0.2) is 72.2 Å². The van der Waals surface area contributed by atoms with E-state index in [1.165, 1.54) is 11.3 Å². The average Bonchev–Trinajstić information content (AvgIpc) is 3.63. The lowest BCUT2D eigenvalue weighted by atomic mass is 9.68. The van der Waals surface area contributed by atoms with E-state index in [1.54, 1.807) is 13.3 Å². The molecule has 0 aromatic carbocycles. The Hall–Kier alpha value is -2.08. The van der Waals surface area contributed by atoms with Gasteiger partial charge in [-0.1, -0.05) is 6.42 Å². The summed E-state index contributed by atoms with van der Waals surface area (Å²) >= 11 is 1.41. The molecule has 11 heteroatoms. The van der Waals surface area contributed by atoms with Crippen LogP contribution in [0.4, 0.5) is 9.52 Å². The molecule has 3 saturated carbocycles. The van der Waals surface area contributed by atoms with Crippen LogP contribution in [0.5, 0.6) is 0 Å². The molecule has 4 N–H and O–H groups in total. The second-order valence-electron chi connectivity index (χ2n) is 12.7. The molecule has 6 rings (SSSR count). The van der Waals surface area contributed by atoms with Crippen LogP contribution < -0.4 is 16.0 Å². The van der Waals surface area contributed by atoms with Gasteiger partial charge in [0.05, 0.1) is 24.2 Å². The predicted octanol–water partition coefficient (Wildman–Crippen LogP) is 4.12. The van der Waals surface area contributed by atoms with E-state index >= 15 is 4.39 Å². The number of amides is 1. The normalized spacial score (nSPS) is 40.5. The highest BCUT2D eigenvalue weighted by molar-refractivity contribution is 7.13. The number of ether oxygens (including phenoxy) is 2. The number of carboxylic acid groups (broad SMARTS) is 1. The summed E-state index contributed by atoms with van der Waals surface area (Å²) in [6.07, 6.45) is 9.68. The van der Waals surface area contributed by atoms with Crippen molar-refractivity contribution in [3.63, 3.8) is 0 Å². The van der Waals surface area contributed by atoms with E-state index in [-0.39, 0.29) is 48.1 Å². The van der Waals surface area contributed by atoms with Gasteiger partial charge in [0.15, 0.2) is 5.13 Å². The molecule has 10 unspecified atom stereocenters. The van der Waals surface area contributed by atoms with Crippen molar-refractivity contribution in [1.29, 1.82) is 0 Å². The van der Waals surface area contributed by atoms with Crippen LogP contribution in [0.2, 0.25) is 0 Å². The predicted molar refractivity (Wildman–Crippen MR) is 153 cm³/mol. The molecule has 0 spiro atoms. The average molecular weight is 591 g/mol. The number of hydrogen-bond donors (Lipinski definition) is 4. The first-order chi connectivity index (χ1) is 19.9. The van der Waals surface area contributed by atoms with Gasteiger partial charge in [-0.2, -0.15) is 0 Å². The van der Waals surface area contributed by atoms with Crippen molar-refractivity contribution in [2.45, 2.75) is 101 Å². The van der Waals surface area contributed by atoms with E-state index in [0.29, 0.717) is 42.7 Å². The molecule has 1 aromatic rings. The fourth-order valence-corrected chi connectivity index (χ4v) is 9.07. The van der Waals surface area contributed by atoms with Crippen LogP contribution in [0.1, 0.15) is 64.2 Å². The fourth-order valence-electron chi connectivity index (χ4n) is 8.53. The quantitative estimate of drug-likeness (QED) is 0.357. The number of aromatic nitrogens is 1. The molecular formula is C30H43FN4O5S. The number of fused-ring (bicyclic) bond motifs is 2. The highest BCUT2D eigenvalue weighted by atomic mass is 32.1. The molecule has 4 fully saturated rings. The van der Waals surface area contributed by atoms with Crippen LogP contribution in [0.15, 0.2) is 23.3 Å². The number of methoxy groups -OCH3 is 1. The molecule has 3 aliphatic carbocycles. The number of nitrogens with one attached hydrogen (secondary N) is 3. The summed E-state index contributed by atoms with van der Waals surface area (Å²) in [5, 5.41) is 21.9. The second-order valence-corrected chi connectivity index (χ2v) is 13.6. The van der Waals surface area contributed by atoms with Crippen molar-refractivity contribution < 1.29 is 28.6 Å². The third kappa shape index (κ3) is 6.19. The Morgan fingerprint density at radius 1 is 1.15 bits per heavy atom. The number of anilines is 1. The van der Waals surface area contributed by atoms with Gasteiger partial charge in [0.2, 0.25) is 5.91 Å². The fraction of sp³-hybridized carbons (Fsp3) is 0.767. The molecule has 9 nitrogen and oxygen atoms in total. The number of thiazole rings is 1. The van der Waals surface area contributed by atoms with E-state index < -0.39 is 18.1 Å². The van der Waals surface area contributed by atoms with E-state index in [9.17, 15) is 14.7 Å². The minimum Gasteiger partial charge on any atom is -0.481 e. The summed E-state index contributed by atoms with van der Waals surface area (Å²) in [6, 6.07) is -0.0575. The minimum atomic E-state index is -1.01. The van der Waals surface area contributed by atoms with Gasteiger partial charge in [0.1, 0.15) is 6.17 Å². The van der Waals surface area contributed by atoms with Gasteiger partial charge in [-0.3, -0.25) is 9.59 Å². The summed E-state index contributed by atoms with van der Waals surface area (Å²) in [4.78, 5) is 28.7. The van der Waals surface area contributed by atoms with Gasteiger partial charge < -0.3 is 30.5 Å². The first-order valence-corrected chi connectivity index (χ1v) is 16.2. The Kier molecular flexibility index (Phi) is 8.95. The number of hydrogen-bond acceptors (Lipinski definition) is 8. The van der Waals surface area contributed by atoms with E-state index in [4.69, 9.17) is 9.47 Å². The summed E-state index contributed by atoms with van der Waals surface area (Å²) in [5.74, 6) is -0.507. The smallest absolute Gasteiger partial charge is 0.308 e. The van der Waals surface area contributed by atoms with Gasteiger partial charge in [0, 0.05) is 55.4 Å². The van der Waals surface area contributed by atoms with E-state index in [1.807, 2.05) is 11.6 Å². The monoisotopic (exact) mass is 590 g/mol. The van der Waals surface area contributed by atoms with Crippen molar-refractivity contribution in [2.24, 2.45) is 29.6 Å². The molecule has 11 atom stereocenters. The third-order valence-electron chi connectivity index (χ3n) is 10.5. The minimum absolute atomic E-state index is 0.0337. The number of rotatable bonds is 8. The number of halogens is 1. The summed E-state index contributed by atoms with van der Waals surface area (Å²) < 4.78 is 28.3. The Morgan fingerprint density at radius 3 is 2.78 bits per heavy atom. The molecule has 0 bridgehead atoms. The molecular weight excluding hydrogens is 547 g/mol. The molecule has 2 aliphatic heterocycles. The number of alkyl halides is 1. The van der Waals surface area contributed by atoms with Crippen molar-refractivity contribution in [3.05, 3.63) is 23.3 Å². The van der Waals surface area contributed by atoms with Crippen LogP contribution in [0.25, 0.3) is 0 Å². The number of nitrogens with zero attached hydrogens (tertiary/aromatic N) is 1.